The van der Waals surface area contributed by atoms with Gasteiger partial charge >= 0.3 is 6.18 Å². The summed E-state index contributed by atoms with van der Waals surface area (Å²) in [5.74, 6) is -0.577. The number of H-pyrrole nitrogens is 1. The van der Waals surface area contributed by atoms with E-state index >= 15 is 0 Å². The number of aromatic nitrogens is 3. The van der Waals surface area contributed by atoms with Crippen molar-refractivity contribution in [2.45, 2.75) is 6.18 Å². The van der Waals surface area contributed by atoms with Crippen LogP contribution in [0.5, 0.6) is 0 Å². The van der Waals surface area contributed by atoms with Gasteiger partial charge < -0.3 is 10.3 Å². The van der Waals surface area contributed by atoms with Crippen molar-refractivity contribution in [2.24, 2.45) is 0 Å². The molecule has 0 unspecified atom stereocenters. The van der Waals surface area contributed by atoms with Gasteiger partial charge in [0.25, 0.3) is 5.91 Å². The quantitative estimate of drug-likeness (QED) is 0.763. The molecule has 0 aliphatic carbocycles. The number of nitrogens with zero attached hydrogens (tertiary/aromatic N) is 2. The molecule has 0 spiro atoms. The van der Waals surface area contributed by atoms with Gasteiger partial charge in [-0.3, -0.25) is 4.79 Å². The minimum atomic E-state index is -4.46. The van der Waals surface area contributed by atoms with Crippen molar-refractivity contribution in [3.05, 3.63) is 53.4 Å². The van der Waals surface area contributed by atoms with Crippen molar-refractivity contribution in [3.8, 4) is 10.7 Å². The topological polar surface area (TPSA) is 70.7 Å². The van der Waals surface area contributed by atoms with Crippen LogP contribution in [0.3, 0.4) is 0 Å². The van der Waals surface area contributed by atoms with E-state index in [1.165, 1.54) is 35.2 Å². The van der Waals surface area contributed by atoms with Crippen LogP contribution in [0.1, 0.15) is 16.1 Å². The number of anilines is 1. The van der Waals surface area contributed by atoms with Crippen molar-refractivity contribution in [1.29, 1.82) is 0 Å². The SMILES string of the molecule is O=C(Nc1cccc(C(F)(F)F)c1)c1csc(-c2cnc[nH]2)n1. The number of aromatic amines is 1. The number of rotatable bonds is 3. The lowest BCUT2D eigenvalue weighted by Gasteiger charge is -2.09. The Kier molecular flexibility index (Phi) is 3.87. The molecule has 0 radical (unpaired) electrons. The van der Waals surface area contributed by atoms with Crippen LogP contribution in [0, 0.1) is 0 Å². The van der Waals surface area contributed by atoms with Crippen LogP contribution >= 0.6 is 11.3 Å². The number of amides is 1. The van der Waals surface area contributed by atoms with Crippen LogP contribution in [0.2, 0.25) is 0 Å². The Hall–Kier alpha value is -2.68. The normalized spacial score (nSPS) is 11.4. The standard InChI is InChI=1S/C14H9F3N4OS/c15-14(16,17)8-2-1-3-9(4-8)20-12(22)11-6-23-13(21-11)10-5-18-7-19-10/h1-7H,(H,18,19)(H,20,22). The molecule has 0 saturated heterocycles. The van der Waals surface area contributed by atoms with Gasteiger partial charge in [0.05, 0.1) is 23.8 Å². The van der Waals surface area contributed by atoms with Gasteiger partial charge in [-0.05, 0) is 18.2 Å². The molecule has 0 saturated carbocycles. The van der Waals surface area contributed by atoms with Gasteiger partial charge in [0.2, 0.25) is 0 Å². The van der Waals surface area contributed by atoms with Gasteiger partial charge in [0.1, 0.15) is 10.7 Å². The number of nitrogens with one attached hydrogen (secondary N) is 2. The fourth-order valence-corrected chi connectivity index (χ4v) is 2.62. The number of benzene rings is 1. The zero-order valence-corrected chi connectivity index (χ0v) is 12.2. The highest BCUT2D eigenvalue weighted by Crippen LogP contribution is 2.30. The minimum absolute atomic E-state index is 0.0564. The molecule has 9 heteroatoms. The van der Waals surface area contributed by atoms with Gasteiger partial charge in [-0.1, -0.05) is 6.07 Å². The summed E-state index contributed by atoms with van der Waals surface area (Å²) < 4.78 is 38.0. The Bertz CT molecular complexity index is 827. The van der Waals surface area contributed by atoms with E-state index in [0.29, 0.717) is 10.7 Å². The zero-order chi connectivity index (χ0) is 16.4. The van der Waals surface area contributed by atoms with Gasteiger partial charge in [0.15, 0.2) is 0 Å². The Labute approximate surface area is 132 Å². The van der Waals surface area contributed by atoms with Gasteiger partial charge in [-0.15, -0.1) is 11.3 Å². The number of halogens is 3. The molecular formula is C14H9F3N4OS. The summed E-state index contributed by atoms with van der Waals surface area (Å²) >= 11 is 1.23. The van der Waals surface area contributed by atoms with Crippen molar-refractivity contribution in [1.82, 2.24) is 15.0 Å². The highest BCUT2D eigenvalue weighted by molar-refractivity contribution is 7.13. The first kappa shape index (κ1) is 15.2. The maximum atomic E-state index is 12.7. The molecule has 0 aliphatic rings. The van der Waals surface area contributed by atoms with Crippen LogP contribution < -0.4 is 5.32 Å². The molecule has 2 N–H and O–H groups in total. The largest absolute Gasteiger partial charge is 0.416 e. The average molecular weight is 338 g/mol. The number of thiazole rings is 1. The van der Waals surface area contributed by atoms with E-state index in [1.807, 2.05) is 0 Å². The predicted octanol–water partition coefficient (Wildman–Crippen LogP) is 3.80. The Morgan fingerprint density at radius 3 is 2.83 bits per heavy atom. The third-order valence-electron chi connectivity index (χ3n) is 2.91. The molecule has 23 heavy (non-hydrogen) atoms. The Morgan fingerprint density at radius 1 is 1.30 bits per heavy atom. The van der Waals surface area contributed by atoms with E-state index in [0.717, 1.165) is 12.1 Å². The second kappa shape index (κ2) is 5.84. The molecule has 0 aliphatic heterocycles. The molecule has 118 valence electrons. The maximum absolute atomic E-state index is 12.7. The molecule has 3 rings (SSSR count). The fourth-order valence-electron chi connectivity index (χ4n) is 1.84. The van der Waals surface area contributed by atoms with Crippen LogP contribution in [-0.4, -0.2) is 20.9 Å². The fraction of sp³-hybridized carbons (Fsp3) is 0.0714. The van der Waals surface area contributed by atoms with Crippen LogP contribution in [-0.2, 0) is 6.18 Å². The van der Waals surface area contributed by atoms with E-state index < -0.39 is 17.6 Å². The molecule has 1 aromatic carbocycles. The number of alkyl halides is 3. The van der Waals surface area contributed by atoms with Crippen molar-refractivity contribution < 1.29 is 18.0 Å². The van der Waals surface area contributed by atoms with Crippen molar-refractivity contribution in [3.63, 3.8) is 0 Å². The summed E-state index contributed by atoms with van der Waals surface area (Å²) in [6, 6.07) is 4.43. The molecule has 0 atom stereocenters. The number of carbonyl (C=O) groups excluding carboxylic acids is 1. The molecule has 1 amide bonds. The first-order chi connectivity index (χ1) is 10.9. The Balaban J connectivity index is 1.77. The van der Waals surface area contributed by atoms with Gasteiger partial charge in [0, 0.05) is 11.1 Å². The monoisotopic (exact) mass is 338 g/mol. The average Bonchev–Trinajstić information content (AvgIpc) is 3.18. The highest BCUT2D eigenvalue weighted by Gasteiger charge is 2.30. The number of hydrogen-bond donors (Lipinski definition) is 2. The van der Waals surface area contributed by atoms with Crippen molar-refractivity contribution >= 4 is 22.9 Å². The number of imidazole rings is 1. The lowest BCUT2D eigenvalue weighted by molar-refractivity contribution is -0.137. The maximum Gasteiger partial charge on any atom is 0.416 e. The smallest absolute Gasteiger partial charge is 0.343 e. The van der Waals surface area contributed by atoms with Crippen molar-refractivity contribution in [2.75, 3.05) is 5.32 Å². The molecule has 0 fully saturated rings. The summed E-state index contributed by atoms with van der Waals surface area (Å²) in [6.45, 7) is 0. The van der Waals surface area contributed by atoms with E-state index in [2.05, 4.69) is 20.3 Å². The van der Waals surface area contributed by atoms with E-state index in [9.17, 15) is 18.0 Å². The van der Waals surface area contributed by atoms with Crippen LogP contribution in [0.25, 0.3) is 10.7 Å². The first-order valence-electron chi connectivity index (χ1n) is 6.36. The third-order valence-corrected chi connectivity index (χ3v) is 3.79. The van der Waals surface area contributed by atoms with Crippen LogP contribution in [0.4, 0.5) is 18.9 Å². The number of hydrogen-bond acceptors (Lipinski definition) is 4. The summed E-state index contributed by atoms with van der Waals surface area (Å²) in [6.07, 6.45) is -1.42. The van der Waals surface area contributed by atoms with Gasteiger partial charge in [-0.2, -0.15) is 13.2 Å². The van der Waals surface area contributed by atoms with E-state index in [4.69, 9.17) is 0 Å². The zero-order valence-electron chi connectivity index (χ0n) is 11.4. The lowest BCUT2D eigenvalue weighted by Crippen LogP contribution is -2.13. The van der Waals surface area contributed by atoms with Crippen LogP contribution in [0.15, 0.2) is 42.2 Å². The summed E-state index contributed by atoms with van der Waals surface area (Å²) in [7, 11) is 0. The molecule has 0 bridgehead atoms. The summed E-state index contributed by atoms with van der Waals surface area (Å²) in [4.78, 5) is 22.9. The Morgan fingerprint density at radius 2 is 2.13 bits per heavy atom. The summed E-state index contributed by atoms with van der Waals surface area (Å²) in [5.41, 5.74) is 0.0118. The van der Waals surface area contributed by atoms with E-state index in [-0.39, 0.29) is 11.4 Å². The minimum Gasteiger partial charge on any atom is -0.343 e. The molecular weight excluding hydrogens is 329 g/mol. The van der Waals surface area contributed by atoms with E-state index in [1.54, 1.807) is 6.20 Å². The predicted molar refractivity (Wildman–Crippen MR) is 79.1 cm³/mol. The van der Waals surface area contributed by atoms with Gasteiger partial charge in [-0.25, -0.2) is 9.97 Å². The molecule has 2 aromatic heterocycles. The molecule has 3 aromatic rings. The lowest BCUT2D eigenvalue weighted by atomic mass is 10.2. The second-order valence-corrected chi connectivity index (χ2v) is 5.39. The second-order valence-electron chi connectivity index (χ2n) is 4.54. The molecule has 5 nitrogen and oxygen atoms in total. The number of carbonyl (C=O) groups is 1. The molecule has 2 heterocycles. The highest BCUT2D eigenvalue weighted by atomic mass is 32.1. The first-order valence-corrected chi connectivity index (χ1v) is 7.24. The third kappa shape index (κ3) is 3.39. The summed E-state index contributed by atoms with van der Waals surface area (Å²) in [5, 5.41) is 4.50.